The number of nitrogens with one attached hydrogen (secondary N) is 1. The van der Waals surface area contributed by atoms with E-state index in [-0.39, 0.29) is 11.5 Å². The number of alkyl carbamates (subject to hydrolysis) is 1. The van der Waals surface area contributed by atoms with E-state index in [1.54, 1.807) is 0 Å². The molecular weight excluding hydrogens is 186 g/mol. The quantitative estimate of drug-likeness (QED) is 0.670. The Labute approximate surface area is 81.5 Å². The second-order valence-electron chi connectivity index (χ2n) is 2.83. The third-order valence-electron chi connectivity index (χ3n) is 1.91. The lowest BCUT2D eigenvalue weighted by molar-refractivity contribution is 0.139. The Kier molecular flexibility index (Phi) is 2.14. The molecule has 2 rings (SSSR count). The summed E-state index contributed by atoms with van der Waals surface area (Å²) in [6, 6.07) is 9.55. The molecule has 0 saturated carbocycles. The number of rotatable bonds is 1. The molecule has 0 radical (unpaired) electrons. The molecule has 1 heterocycles. The van der Waals surface area contributed by atoms with Crippen LogP contribution < -0.4 is 5.32 Å². The van der Waals surface area contributed by atoms with Crippen molar-refractivity contribution in [3.8, 4) is 0 Å². The third-order valence-corrected chi connectivity index (χ3v) is 2.31. The van der Waals surface area contributed by atoms with E-state index in [1.165, 1.54) is 0 Å². The van der Waals surface area contributed by atoms with Crippen LogP contribution in [0.15, 0.2) is 30.3 Å². The summed E-state index contributed by atoms with van der Waals surface area (Å²) >= 11 is 4.20. The molecule has 1 amide bonds. The first-order valence-corrected chi connectivity index (χ1v) is 4.49. The van der Waals surface area contributed by atoms with Crippen molar-refractivity contribution >= 4 is 18.7 Å². The topological polar surface area (TPSA) is 38.3 Å². The molecule has 0 aromatic heterocycles. The second-order valence-corrected chi connectivity index (χ2v) is 3.38. The van der Waals surface area contributed by atoms with Crippen molar-refractivity contribution in [2.45, 2.75) is 11.5 Å². The molecule has 0 bridgehead atoms. The summed E-state index contributed by atoms with van der Waals surface area (Å²) in [5, 5.41) is 2.31. The number of thiol groups is 1. The van der Waals surface area contributed by atoms with Gasteiger partial charge < -0.3 is 10.1 Å². The molecule has 1 N–H and O–H groups in total. The van der Waals surface area contributed by atoms with Crippen molar-refractivity contribution in [3.05, 3.63) is 35.9 Å². The Hall–Kier alpha value is -1.16. The number of amides is 1. The molecule has 1 aromatic rings. The zero-order valence-corrected chi connectivity index (χ0v) is 7.70. The van der Waals surface area contributed by atoms with Crippen LogP contribution in [0, 0.1) is 0 Å². The van der Waals surface area contributed by atoms with E-state index < -0.39 is 6.09 Å². The van der Waals surface area contributed by atoms with Crippen LogP contribution in [0.25, 0.3) is 0 Å². The molecule has 1 fully saturated rings. The highest BCUT2D eigenvalue weighted by atomic mass is 32.1. The number of ether oxygens (including phenoxy) is 1. The highest BCUT2D eigenvalue weighted by Gasteiger charge is 2.32. The van der Waals surface area contributed by atoms with Crippen molar-refractivity contribution in [2.24, 2.45) is 0 Å². The zero-order valence-electron chi connectivity index (χ0n) is 6.81. The number of benzene rings is 1. The third kappa shape index (κ3) is 1.62. The van der Waals surface area contributed by atoms with E-state index in [0.717, 1.165) is 5.56 Å². The van der Waals surface area contributed by atoms with E-state index in [9.17, 15) is 4.79 Å². The fourth-order valence-corrected chi connectivity index (χ4v) is 1.64. The number of hydrogen-bond acceptors (Lipinski definition) is 3. The number of carbonyl (C=O) groups is 1. The molecule has 1 aliphatic heterocycles. The lowest BCUT2D eigenvalue weighted by Crippen LogP contribution is -2.21. The minimum Gasteiger partial charge on any atom is -0.438 e. The molecule has 1 aromatic carbocycles. The minimum atomic E-state index is -0.408. The predicted octanol–water partition coefficient (Wildman–Crippen LogP) is 1.72. The van der Waals surface area contributed by atoms with Gasteiger partial charge in [0, 0.05) is 0 Å². The number of carbonyl (C=O) groups excluding carboxylic acids is 1. The van der Waals surface area contributed by atoms with Gasteiger partial charge in [-0.05, 0) is 5.56 Å². The predicted molar refractivity (Wildman–Crippen MR) is 51.6 cm³/mol. The summed E-state index contributed by atoms with van der Waals surface area (Å²) in [4.78, 5) is 10.9. The van der Waals surface area contributed by atoms with Crippen LogP contribution in [0.4, 0.5) is 4.79 Å². The Balaban J connectivity index is 2.23. The standard InChI is InChI=1S/C9H9NO2S/c11-9-10-8(13)7(12-9)6-4-2-1-3-5-6/h1-5,7-8,13H,(H,10,11)/t7-,8+/m0/s1. The summed E-state index contributed by atoms with van der Waals surface area (Å²) in [6.45, 7) is 0. The monoisotopic (exact) mass is 195 g/mol. The summed E-state index contributed by atoms with van der Waals surface area (Å²) in [5.74, 6) is 0. The average Bonchev–Trinajstić information content (AvgIpc) is 2.47. The summed E-state index contributed by atoms with van der Waals surface area (Å²) in [6.07, 6.45) is -0.689. The van der Waals surface area contributed by atoms with Crippen molar-refractivity contribution in [1.29, 1.82) is 0 Å². The van der Waals surface area contributed by atoms with E-state index >= 15 is 0 Å². The molecule has 68 valence electrons. The number of cyclic esters (lactones) is 1. The first-order valence-electron chi connectivity index (χ1n) is 3.97. The van der Waals surface area contributed by atoms with Crippen LogP contribution in [0.3, 0.4) is 0 Å². The van der Waals surface area contributed by atoms with Gasteiger partial charge in [-0.2, -0.15) is 12.6 Å². The molecule has 4 heteroatoms. The second kappa shape index (κ2) is 3.30. The van der Waals surface area contributed by atoms with Gasteiger partial charge in [0.15, 0.2) is 6.10 Å². The van der Waals surface area contributed by atoms with Crippen molar-refractivity contribution in [1.82, 2.24) is 5.32 Å². The lowest BCUT2D eigenvalue weighted by Gasteiger charge is -2.11. The van der Waals surface area contributed by atoms with E-state index in [1.807, 2.05) is 30.3 Å². The van der Waals surface area contributed by atoms with Crippen LogP contribution >= 0.6 is 12.6 Å². The molecule has 2 atom stereocenters. The Morgan fingerprint density at radius 3 is 2.54 bits per heavy atom. The number of hydrogen-bond donors (Lipinski definition) is 2. The van der Waals surface area contributed by atoms with Crippen molar-refractivity contribution in [2.75, 3.05) is 0 Å². The van der Waals surface area contributed by atoms with Crippen LogP contribution in [0.5, 0.6) is 0 Å². The van der Waals surface area contributed by atoms with Gasteiger partial charge in [0.1, 0.15) is 5.37 Å². The highest BCUT2D eigenvalue weighted by Crippen LogP contribution is 2.27. The maximum absolute atomic E-state index is 10.9. The SMILES string of the molecule is O=C1N[C@H](S)[C@H](c2ccccc2)O1. The maximum atomic E-state index is 10.9. The van der Waals surface area contributed by atoms with Gasteiger partial charge in [-0.3, -0.25) is 0 Å². The van der Waals surface area contributed by atoms with E-state index in [4.69, 9.17) is 4.74 Å². The Morgan fingerprint density at radius 1 is 1.31 bits per heavy atom. The first kappa shape index (κ1) is 8.44. The van der Waals surface area contributed by atoms with Gasteiger partial charge in [0.2, 0.25) is 0 Å². The summed E-state index contributed by atoms with van der Waals surface area (Å²) < 4.78 is 5.03. The van der Waals surface area contributed by atoms with Gasteiger partial charge in [0.25, 0.3) is 0 Å². The van der Waals surface area contributed by atoms with Crippen LogP contribution in [-0.4, -0.2) is 11.5 Å². The molecule has 3 nitrogen and oxygen atoms in total. The van der Waals surface area contributed by atoms with Gasteiger partial charge >= 0.3 is 6.09 Å². The Bertz CT molecular complexity index is 315. The molecule has 1 aliphatic rings. The minimum absolute atomic E-state index is 0.255. The first-order chi connectivity index (χ1) is 6.27. The molecule has 1 saturated heterocycles. The van der Waals surface area contributed by atoms with Gasteiger partial charge in [0.05, 0.1) is 0 Å². The largest absolute Gasteiger partial charge is 0.438 e. The molecule has 0 unspecified atom stereocenters. The van der Waals surface area contributed by atoms with Crippen LogP contribution in [-0.2, 0) is 4.74 Å². The molecule has 13 heavy (non-hydrogen) atoms. The maximum Gasteiger partial charge on any atom is 0.408 e. The van der Waals surface area contributed by atoms with E-state index in [2.05, 4.69) is 17.9 Å². The van der Waals surface area contributed by atoms with Gasteiger partial charge in [-0.25, -0.2) is 4.79 Å². The average molecular weight is 195 g/mol. The molecule has 0 aliphatic carbocycles. The molecule has 0 spiro atoms. The highest BCUT2D eigenvalue weighted by molar-refractivity contribution is 7.81. The van der Waals surface area contributed by atoms with Crippen LogP contribution in [0.1, 0.15) is 11.7 Å². The Morgan fingerprint density at radius 2 is 2.00 bits per heavy atom. The van der Waals surface area contributed by atoms with Crippen LogP contribution in [0.2, 0.25) is 0 Å². The fourth-order valence-electron chi connectivity index (χ4n) is 1.30. The fraction of sp³-hybridized carbons (Fsp3) is 0.222. The molecular formula is C9H9NO2S. The summed E-state index contributed by atoms with van der Waals surface area (Å²) in [5.41, 5.74) is 0.959. The smallest absolute Gasteiger partial charge is 0.408 e. The van der Waals surface area contributed by atoms with Crippen molar-refractivity contribution in [3.63, 3.8) is 0 Å². The normalized spacial score (nSPS) is 26.7. The van der Waals surface area contributed by atoms with Crippen molar-refractivity contribution < 1.29 is 9.53 Å². The van der Waals surface area contributed by atoms with E-state index in [0.29, 0.717) is 0 Å². The summed E-state index contributed by atoms with van der Waals surface area (Å²) in [7, 11) is 0. The van der Waals surface area contributed by atoms with Gasteiger partial charge in [-0.15, -0.1) is 0 Å². The zero-order chi connectivity index (χ0) is 9.26. The van der Waals surface area contributed by atoms with Gasteiger partial charge in [-0.1, -0.05) is 30.3 Å². The lowest BCUT2D eigenvalue weighted by atomic mass is 10.1.